The molecule has 0 amide bonds. The second-order valence-corrected chi connectivity index (χ2v) is 3.23. The van der Waals surface area contributed by atoms with Gasteiger partial charge in [-0.3, -0.25) is 0 Å². The van der Waals surface area contributed by atoms with E-state index in [-0.39, 0.29) is 5.97 Å². The standard InChI is InChI=1S/C12H12N2O2/c1-2-16-11(15)7-6-9-4-3-5-10-12(9)14-8-13-10/h3-8H,2H2,1H3,(H,13,14)/b7-6+. The first kappa shape index (κ1) is 10.4. The van der Waals surface area contributed by atoms with Crippen molar-refractivity contribution in [2.45, 2.75) is 6.92 Å². The number of imidazole rings is 1. The average molecular weight is 216 g/mol. The predicted octanol–water partition coefficient (Wildman–Crippen LogP) is 2.14. The molecule has 0 radical (unpaired) electrons. The van der Waals surface area contributed by atoms with Crippen LogP contribution in [0.2, 0.25) is 0 Å². The maximum atomic E-state index is 11.2. The largest absolute Gasteiger partial charge is 0.463 e. The number of carbonyl (C=O) groups excluding carboxylic acids is 1. The van der Waals surface area contributed by atoms with Crippen LogP contribution in [0.15, 0.2) is 30.6 Å². The summed E-state index contributed by atoms with van der Waals surface area (Å²) in [5.41, 5.74) is 2.70. The third-order valence-electron chi connectivity index (χ3n) is 2.17. The van der Waals surface area contributed by atoms with Gasteiger partial charge in [0.25, 0.3) is 0 Å². The van der Waals surface area contributed by atoms with Gasteiger partial charge in [0.2, 0.25) is 0 Å². The molecule has 1 N–H and O–H groups in total. The first-order chi connectivity index (χ1) is 7.81. The predicted molar refractivity (Wildman–Crippen MR) is 61.8 cm³/mol. The Kier molecular flexibility index (Phi) is 3.00. The summed E-state index contributed by atoms with van der Waals surface area (Å²) in [5, 5.41) is 0. The van der Waals surface area contributed by atoms with E-state index >= 15 is 0 Å². The molecule has 0 spiro atoms. The molecule has 1 aromatic carbocycles. The summed E-state index contributed by atoms with van der Waals surface area (Å²) in [5.74, 6) is -0.338. The van der Waals surface area contributed by atoms with Crippen molar-refractivity contribution >= 4 is 23.1 Å². The van der Waals surface area contributed by atoms with Gasteiger partial charge in [0.15, 0.2) is 0 Å². The summed E-state index contributed by atoms with van der Waals surface area (Å²) < 4.78 is 4.80. The fourth-order valence-corrected chi connectivity index (χ4v) is 1.47. The van der Waals surface area contributed by atoms with Crippen LogP contribution in [0.4, 0.5) is 0 Å². The van der Waals surface area contributed by atoms with Gasteiger partial charge in [-0.05, 0) is 19.1 Å². The highest BCUT2D eigenvalue weighted by Crippen LogP contribution is 2.15. The Morgan fingerprint density at radius 1 is 1.56 bits per heavy atom. The lowest BCUT2D eigenvalue weighted by Gasteiger charge is -1.96. The van der Waals surface area contributed by atoms with E-state index in [0.717, 1.165) is 16.6 Å². The molecule has 0 aliphatic heterocycles. The number of benzene rings is 1. The quantitative estimate of drug-likeness (QED) is 0.631. The van der Waals surface area contributed by atoms with Crippen LogP contribution in [0.1, 0.15) is 12.5 Å². The SMILES string of the molecule is CCOC(=O)/C=C/c1cccc2[nH]cnc12. The number of rotatable bonds is 3. The van der Waals surface area contributed by atoms with E-state index in [4.69, 9.17) is 4.74 Å². The molecule has 0 fully saturated rings. The summed E-state index contributed by atoms with van der Waals surface area (Å²) in [6.07, 6.45) is 4.75. The zero-order valence-corrected chi connectivity index (χ0v) is 8.93. The molecule has 0 bridgehead atoms. The summed E-state index contributed by atoms with van der Waals surface area (Å²) in [6, 6.07) is 5.74. The van der Waals surface area contributed by atoms with Crippen LogP contribution in [-0.4, -0.2) is 22.5 Å². The molecule has 4 heteroatoms. The number of hydrogen-bond donors (Lipinski definition) is 1. The zero-order chi connectivity index (χ0) is 11.4. The smallest absolute Gasteiger partial charge is 0.330 e. The number of fused-ring (bicyclic) bond motifs is 1. The number of aromatic nitrogens is 2. The molecule has 2 rings (SSSR count). The van der Waals surface area contributed by atoms with Crippen molar-refractivity contribution in [3.63, 3.8) is 0 Å². The van der Waals surface area contributed by atoms with Crippen LogP contribution in [0.3, 0.4) is 0 Å². The number of para-hydroxylation sites is 1. The van der Waals surface area contributed by atoms with Crippen LogP contribution in [0, 0.1) is 0 Å². The van der Waals surface area contributed by atoms with Gasteiger partial charge in [0.1, 0.15) is 0 Å². The molecule has 82 valence electrons. The minimum Gasteiger partial charge on any atom is -0.463 e. The molecule has 0 aliphatic carbocycles. The van der Waals surface area contributed by atoms with Gasteiger partial charge in [-0.2, -0.15) is 0 Å². The Balaban J connectivity index is 2.27. The summed E-state index contributed by atoms with van der Waals surface area (Å²) in [7, 11) is 0. The van der Waals surface area contributed by atoms with Crippen LogP contribution < -0.4 is 0 Å². The molecule has 1 aromatic heterocycles. The molecule has 2 aromatic rings. The van der Waals surface area contributed by atoms with Crippen molar-refractivity contribution in [1.29, 1.82) is 0 Å². The van der Waals surface area contributed by atoms with Crippen molar-refractivity contribution in [3.8, 4) is 0 Å². The normalized spacial score (nSPS) is 11.1. The molecule has 0 unspecified atom stereocenters. The minimum absolute atomic E-state index is 0.338. The summed E-state index contributed by atoms with van der Waals surface area (Å²) in [6.45, 7) is 2.16. The highest BCUT2D eigenvalue weighted by Gasteiger charge is 2.00. The van der Waals surface area contributed by atoms with Crippen LogP contribution in [0.5, 0.6) is 0 Å². The summed E-state index contributed by atoms with van der Waals surface area (Å²) in [4.78, 5) is 18.3. The maximum Gasteiger partial charge on any atom is 0.330 e. The third-order valence-corrected chi connectivity index (χ3v) is 2.17. The van der Waals surface area contributed by atoms with Gasteiger partial charge in [0, 0.05) is 11.6 Å². The van der Waals surface area contributed by atoms with Gasteiger partial charge in [-0.1, -0.05) is 12.1 Å². The van der Waals surface area contributed by atoms with Crippen LogP contribution in [-0.2, 0) is 9.53 Å². The van der Waals surface area contributed by atoms with E-state index in [0.29, 0.717) is 6.61 Å². The molecule has 16 heavy (non-hydrogen) atoms. The van der Waals surface area contributed by atoms with E-state index in [1.54, 1.807) is 19.3 Å². The number of nitrogens with zero attached hydrogens (tertiary/aromatic N) is 1. The van der Waals surface area contributed by atoms with E-state index in [1.807, 2.05) is 18.2 Å². The van der Waals surface area contributed by atoms with E-state index in [9.17, 15) is 4.79 Å². The molecule has 0 saturated heterocycles. The Morgan fingerprint density at radius 3 is 3.25 bits per heavy atom. The fraction of sp³-hybridized carbons (Fsp3) is 0.167. The van der Waals surface area contributed by atoms with E-state index in [2.05, 4.69) is 9.97 Å². The maximum absolute atomic E-state index is 11.2. The lowest BCUT2D eigenvalue weighted by Crippen LogP contribution is -1.98. The topological polar surface area (TPSA) is 55.0 Å². The second-order valence-electron chi connectivity index (χ2n) is 3.23. The second kappa shape index (κ2) is 4.61. The minimum atomic E-state index is -0.338. The van der Waals surface area contributed by atoms with Gasteiger partial charge in [0.05, 0.1) is 24.0 Å². The van der Waals surface area contributed by atoms with Crippen molar-refractivity contribution in [2.24, 2.45) is 0 Å². The Hall–Kier alpha value is -2.10. The van der Waals surface area contributed by atoms with Gasteiger partial charge in [-0.15, -0.1) is 0 Å². The first-order valence-electron chi connectivity index (χ1n) is 5.08. The Morgan fingerprint density at radius 2 is 2.44 bits per heavy atom. The lowest BCUT2D eigenvalue weighted by atomic mass is 10.1. The first-order valence-corrected chi connectivity index (χ1v) is 5.08. The monoisotopic (exact) mass is 216 g/mol. The molecular formula is C12H12N2O2. The van der Waals surface area contributed by atoms with Crippen LogP contribution >= 0.6 is 0 Å². The van der Waals surface area contributed by atoms with Crippen molar-refractivity contribution in [2.75, 3.05) is 6.61 Å². The lowest BCUT2D eigenvalue weighted by molar-refractivity contribution is -0.137. The third kappa shape index (κ3) is 2.11. The molecular weight excluding hydrogens is 204 g/mol. The highest BCUT2D eigenvalue weighted by atomic mass is 16.5. The summed E-state index contributed by atoms with van der Waals surface area (Å²) >= 11 is 0. The Bertz CT molecular complexity index is 529. The van der Waals surface area contributed by atoms with Crippen molar-refractivity contribution < 1.29 is 9.53 Å². The average Bonchev–Trinajstić information content (AvgIpc) is 2.75. The number of carbonyl (C=O) groups is 1. The zero-order valence-electron chi connectivity index (χ0n) is 8.93. The molecule has 4 nitrogen and oxygen atoms in total. The number of H-pyrrole nitrogens is 1. The number of esters is 1. The number of ether oxygens (including phenoxy) is 1. The van der Waals surface area contributed by atoms with Gasteiger partial charge >= 0.3 is 5.97 Å². The van der Waals surface area contributed by atoms with E-state index < -0.39 is 0 Å². The fourth-order valence-electron chi connectivity index (χ4n) is 1.47. The highest BCUT2D eigenvalue weighted by molar-refractivity contribution is 5.91. The molecule has 1 heterocycles. The number of aromatic amines is 1. The van der Waals surface area contributed by atoms with Crippen molar-refractivity contribution in [3.05, 3.63) is 36.2 Å². The molecule has 0 saturated carbocycles. The molecule has 0 aliphatic rings. The van der Waals surface area contributed by atoms with Gasteiger partial charge in [-0.25, -0.2) is 9.78 Å². The van der Waals surface area contributed by atoms with Gasteiger partial charge < -0.3 is 9.72 Å². The van der Waals surface area contributed by atoms with Crippen molar-refractivity contribution in [1.82, 2.24) is 9.97 Å². The molecule has 0 atom stereocenters. The number of nitrogens with one attached hydrogen (secondary N) is 1. The number of hydrogen-bond acceptors (Lipinski definition) is 3. The van der Waals surface area contributed by atoms with Crippen LogP contribution in [0.25, 0.3) is 17.1 Å². The Labute approximate surface area is 93.0 Å². The van der Waals surface area contributed by atoms with E-state index in [1.165, 1.54) is 6.08 Å².